The summed E-state index contributed by atoms with van der Waals surface area (Å²) in [5.74, 6) is -0.0362. The highest BCUT2D eigenvalue weighted by molar-refractivity contribution is 7.98. The lowest BCUT2D eigenvalue weighted by molar-refractivity contribution is 0.590. The zero-order valence-electron chi connectivity index (χ0n) is 8.13. The van der Waals surface area contributed by atoms with Gasteiger partial charge in [-0.2, -0.15) is 0 Å². The smallest absolute Gasteiger partial charge is 0.140 e. The van der Waals surface area contributed by atoms with E-state index in [0.29, 0.717) is 0 Å². The van der Waals surface area contributed by atoms with Crippen LogP contribution in [0.3, 0.4) is 0 Å². The second-order valence-corrected chi connectivity index (χ2v) is 4.85. The third-order valence-corrected chi connectivity index (χ3v) is 3.94. The molecule has 1 aromatic carbocycles. The van der Waals surface area contributed by atoms with Crippen molar-refractivity contribution in [3.63, 3.8) is 0 Å². The van der Waals surface area contributed by atoms with E-state index in [0.717, 1.165) is 22.3 Å². The van der Waals surface area contributed by atoms with Crippen LogP contribution in [0.25, 0.3) is 10.1 Å². The van der Waals surface area contributed by atoms with Crippen molar-refractivity contribution in [2.45, 2.75) is 18.2 Å². The molecular weight excluding hydrogens is 215 g/mol. The molecule has 0 atom stereocenters. The number of hydrogen-bond acceptors (Lipinski definition) is 2. The lowest BCUT2D eigenvalue weighted by Gasteiger charge is -2.06. The standard InChI is InChI=1S/C11H11FS2/c1-3-7-8-4-5-14-9(8)6-10(13-2)11(7)12/h4-6H,3H2,1-2H3. The van der Waals surface area contributed by atoms with Crippen LogP contribution in [-0.2, 0) is 6.42 Å². The second-order valence-electron chi connectivity index (χ2n) is 3.06. The zero-order valence-corrected chi connectivity index (χ0v) is 9.77. The van der Waals surface area contributed by atoms with E-state index in [9.17, 15) is 4.39 Å². The molecule has 1 heterocycles. The molecule has 0 nitrogen and oxygen atoms in total. The van der Waals surface area contributed by atoms with Gasteiger partial charge in [0.05, 0.1) is 0 Å². The van der Waals surface area contributed by atoms with E-state index in [4.69, 9.17) is 0 Å². The van der Waals surface area contributed by atoms with Crippen LogP contribution < -0.4 is 0 Å². The van der Waals surface area contributed by atoms with Crippen LogP contribution in [-0.4, -0.2) is 6.26 Å². The predicted molar refractivity (Wildman–Crippen MR) is 62.9 cm³/mol. The van der Waals surface area contributed by atoms with E-state index >= 15 is 0 Å². The summed E-state index contributed by atoms with van der Waals surface area (Å²) in [4.78, 5) is 0.761. The third kappa shape index (κ3) is 1.44. The van der Waals surface area contributed by atoms with Crippen LogP contribution in [0.5, 0.6) is 0 Å². The highest BCUT2D eigenvalue weighted by Gasteiger charge is 2.11. The van der Waals surface area contributed by atoms with Gasteiger partial charge in [-0.15, -0.1) is 23.1 Å². The van der Waals surface area contributed by atoms with Gasteiger partial charge < -0.3 is 0 Å². The number of thiophene rings is 1. The first kappa shape index (κ1) is 9.99. The van der Waals surface area contributed by atoms with Gasteiger partial charge in [-0.3, -0.25) is 0 Å². The number of fused-ring (bicyclic) bond motifs is 1. The number of halogens is 1. The Labute approximate surface area is 91.1 Å². The van der Waals surface area contributed by atoms with Crippen molar-refractivity contribution in [2.75, 3.05) is 6.26 Å². The Morgan fingerprint density at radius 1 is 1.50 bits per heavy atom. The van der Waals surface area contributed by atoms with E-state index in [2.05, 4.69) is 0 Å². The van der Waals surface area contributed by atoms with E-state index in [-0.39, 0.29) is 5.82 Å². The molecule has 0 saturated heterocycles. The molecule has 3 heteroatoms. The van der Waals surface area contributed by atoms with Gasteiger partial charge in [0.25, 0.3) is 0 Å². The SMILES string of the molecule is CCc1c(F)c(SC)cc2sccc12. The molecule has 0 aliphatic rings. The highest BCUT2D eigenvalue weighted by Crippen LogP contribution is 2.33. The van der Waals surface area contributed by atoms with Gasteiger partial charge in [0, 0.05) is 9.60 Å². The fourth-order valence-corrected chi connectivity index (χ4v) is 3.09. The number of benzene rings is 1. The van der Waals surface area contributed by atoms with Gasteiger partial charge in [0.15, 0.2) is 0 Å². The highest BCUT2D eigenvalue weighted by atomic mass is 32.2. The van der Waals surface area contributed by atoms with Gasteiger partial charge in [-0.1, -0.05) is 6.92 Å². The molecule has 74 valence electrons. The first-order valence-electron chi connectivity index (χ1n) is 4.50. The Kier molecular flexibility index (Phi) is 2.79. The summed E-state index contributed by atoms with van der Waals surface area (Å²) in [6.45, 7) is 2.00. The number of thioether (sulfide) groups is 1. The summed E-state index contributed by atoms with van der Waals surface area (Å²) in [6.07, 6.45) is 2.67. The van der Waals surface area contributed by atoms with Crippen LogP contribution in [0.2, 0.25) is 0 Å². The maximum Gasteiger partial charge on any atom is 0.140 e. The third-order valence-electron chi connectivity index (χ3n) is 2.34. The van der Waals surface area contributed by atoms with Crippen molar-refractivity contribution >= 4 is 33.2 Å². The summed E-state index contributed by atoms with van der Waals surface area (Å²) in [6, 6.07) is 3.95. The van der Waals surface area contributed by atoms with Crippen LogP contribution in [0.1, 0.15) is 12.5 Å². The summed E-state index contributed by atoms with van der Waals surface area (Å²) in [7, 11) is 0. The molecule has 0 saturated carbocycles. The average Bonchev–Trinajstić information content (AvgIpc) is 2.64. The largest absolute Gasteiger partial charge is 0.205 e. The molecule has 0 fully saturated rings. The zero-order chi connectivity index (χ0) is 10.1. The minimum atomic E-state index is -0.0362. The van der Waals surface area contributed by atoms with Gasteiger partial charge >= 0.3 is 0 Å². The lowest BCUT2D eigenvalue weighted by atomic mass is 10.1. The van der Waals surface area contributed by atoms with E-state index < -0.39 is 0 Å². The van der Waals surface area contributed by atoms with Crippen LogP contribution in [0.15, 0.2) is 22.4 Å². The molecular formula is C11H11FS2. The number of rotatable bonds is 2. The predicted octanol–water partition coefficient (Wildman–Crippen LogP) is 4.32. The summed E-state index contributed by atoms with van der Waals surface area (Å²) < 4.78 is 15.1. The summed E-state index contributed by atoms with van der Waals surface area (Å²) in [5.41, 5.74) is 0.855. The Bertz CT molecular complexity index is 460. The molecule has 0 aliphatic carbocycles. The van der Waals surface area contributed by atoms with Crippen LogP contribution in [0, 0.1) is 5.82 Å². The Morgan fingerprint density at radius 2 is 2.29 bits per heavy atom. The molecule has 2 aromatic rings. The van der Waals surface area contributed by atoms with Gasteiger partial charge in [-0.25, -0.2) is 4.39 Å². The first-order chi connectivity index (χ1) is 6.77. The van der Waals surface area contributed by atoms with Crippen LogP contribution >= 0.6 is 23.1 Å². The molecule has 0 radical (unpaired) electrons. The molecule has 2 rings (SSSR count). The van der Waals surface area contributed by atoms with E-state index in [1.165, 1.54) is 16.5 Å². The lowest BCUT2D eigenvalue weighted by Crippen LogP contribution is -1.91. The molecule has 1 aromatic heterocycles. The minimum absolute atomic E-state index is 0.0362. The van der Waals surface area contributed by atoms with Gasteiger partial charge in [0.1, 0.15) is 5.82 Å². The maximum atomic E-state index is 13.9. The van der Waals surface area contributed by atoms with E-state index in [1.54, 1.807) is 11.3 Å². The quantitative estimate of drug-likeness (QED) is 0.687. The Hall–Kier alpha value is -0.540. The van der Waals surface area contributed by atoms with Crippen molar-refractivity contribution in [1.82, 2.24) is 0 Å². The van der Waals surface area contributed by atoms with Crippen molar-refractivity contribution < 1.29 is 4.39 Å². The first-order valence-corrected chi connectivity index (χ1v) is 6.61. The van der Waals surface area contributed by atoms with E-state index in [1.807, 2.05) is 30.7 Å². The second kappa shape index (κ2) is 3.91. The number of hydrogen-bond donors (Lipinski definition) is 0. The fraction of sp³-hybridized carbons (Fsp3) is 0.273. The van der Waals surface area contributed by atoms with Crippen molar-refractivity contribution in [2.24, 2.45) is 0 Å². The van der Waals surface area contributed by atoms with Crippen molar-refractivity contribution in [3.8, 4) is 0 Å². The Morgan fingerprint density at radius 3 is 2.93 bits per heavy atom. The maximum absolute atomic E-state index is 13.9. The van der Waals surface area contributed by atoms with Gasteiger partial charge in [-0.05, 0) is 41.1 Å². The van der Waals surface area contributed by atoms with Crippen LogP contribution in [0.4, 0.5) is 4.39 Å². The monoisotopic (exact) mass is 226 g/mol. The average molecular weight is 226 g/mol. The molecule has 0 bridgehead atoms. The molecule has 14 heavy (non-hydrogen) atoms. The molecule has 0 unspecified atom stereocenters. The minimum Gasteiger partial charge on any atom is -0.205 e. The molecule has 0 amide bonds. The molecule has 0 N–H and O–H groups in total. The van der Waals surface area contributed by atoms with Crippen molar-refractivity contribution in [3.05, 3.63) is 28.9 Å². The summed E-state index contributed by atoms with van der Waals surface area (Å²) in [5, 5.41) is 3.10. The fourth-order valence-electron chi connectivity index (χ4n) is 1.63. The molecule has 0 aliphatic heterocycles. The van der Waals surface area contributed by atoms with Gasteiger partial charge in [0.2, 0.25) is 0 Å². The summed E-state index contributed by atoms with van der Waals surface area (Å²) >= 11 is 3.15. The number of aryl methyl sites for hydroxylation is 1. The molecule has 0 spiro atoms. The Balaban J connectivity index is 2.80. The van der Waals surface area contributed by atoms with Crippen molar-refractivity contribution in [1.29, 1.82) is 0 Å². The topological polar surface area (TPSA) is 0 Å². The normalized spacial score (nSPS) is 11.1.